The molecular weight excluding hydrogens is 348 g/mol. The first-order valence-corrected chi connectivity index (χ1v) is 10.6. The first-order valence-electron chi connectivity index (χ1n) is 10.6. The highest BCUT2D eigenvalue weighted by molar-refractivity contribution is 5.98. The monoisotopic (exact) mass is 376 g/mol. The van der Waals surface area contributed by atoms with Crippen molar-refractivity contribution in [2.24, 2.45) is 11.3 Å². The molecule has 2 fully saturated rings. The average Bonchev–Trinajstić information content (AvgIpc) is 3.45. The van der Waals surface area contributed by atoms with Gasteiger partial charge in [-0.05, 0) is 79.9 Å². The summed E-state index contributed by atoms with van der Waals surface area (Å²) in [6, 6.07) is 16.5. The van der Waals surface area contributed by atoms with E-state index in [0.717, 1.165) is 68.7 Å². The lowest BCUT2D eigenvalue weighted by Crippen LogP contribution is -2.39. The van der Waals surface area contributed by atoms with Crippen molar-refractivity contribution < 1.29 is 9.53 Å². The molecule has 1 saturated heterocycles. The van der Waals surface area contributed by atoms with Crippen LogP contribution in [-0.2, 0) is 17.8 Å². The number of hydrogen-bond donors (Lipinski definition) is 1. The van der Waals surface area contributed by atoms with Gasteiger partial charge in [-0.25, -0.2) is 0 Å². The summed E-state index contributed by atoms with van der Waals surface area (Å²) in [6.07, 6.45) is 5.42. The Kier molecular flexibility index (Phi) is 4.59. The van der Waals surface area contributed by atoms with Crippen LogP contribution in [0.1, 0.15) is 36.8 Å². The quantitative estimate of drug-likeness (QED) is 0.879. The normalized spacial score (nSPS) is 22.6. The van der Waals surface area contributed by atoms with Crippen molar-refractivity contribution in [1.29, 1.82) is 0 Å². The van der Waals surface area contributed by atoms with Crippen molar-refractivity contribution >= 4 is 11.6 Å². The molecule has 1 atom stereocenters. The van der Waals surface area contributed by atoms with Crippen LogP contribution in [0.5, 0.6) is 5.75 Å². The maximum Gasteiger partial charge on any atom is 0.230 e. The van der Waals surface area contributed by atoms with Gasteiger partial charge in [-0.1, -0.05) is 30.3 Å². The molecule has 1 amide bonds. The van der Waals surface area contributed by atoms with Crippen molar-refractivity contribution in [3.63, 3.8) is 0 Å². The van der Waals surface area contributed by atoms with E-state index >= 15 is 0 Å². The predicted molar refractivity (Wildman–Crippen MR) is 111 cm³/mol. The zero-order chi connectivity index (χ0) is 19.0. The Morgan fingerprint density at radius 2 is 1.96 bits per heavy atom. The fourth-order valence-electron chi connectivity index (χ4n) is 5.00. The molecule has 0 radical (unpaired) electrons. The van der Waals surface area contributed by atoms with E-state index in [9.17, 15) is 4.79 Å². The molecule has 1 aliphatic carbocycles. The molecule has 1 unspecified atom stereocenters. The third kappa shape index (κ3) is 3.30. The molecule has 1 spiro atoms. The number of rotatable bonds is 4. The lowest BCUT2D eigenvalue weighted by Gasteiger charge is -2.31. The van der Waals surface area contributed by atoms with Gasteiger partial charge in [0.15, 0.2) is 0 Å². The van der Waals surface area contributed by atoms with Crippen LogP contribution >= 0.6 is 0 Å². The number of aryl methyl sites for hydroxylation is 1. The van der Waals surface area contributed by atoms with Gasteiger partial charge < -0.3 is 15.0 Å². The van der Waals surface area contributed by atoms with E-state index in [1.807, 2.05) is 24.3 Å². The van der Waals surface area contributed by atoms with E-state index in [4.69, 9.17) is 4.74 Å². The Bertz CT molecular complexity index is 858. The molecular formula is C24H28N2O2. The van der Waals surface area contributed by atoms with Crippen LogP contribution in [-0.4, -0.2) is 25.5 Å². The summed E-state index contributed by atoms with van der Waals surface area (Å²) >= 11 is 0. The van der Waals surface area contributed by atoms with Gasteiger partial charge in [0.05, 0.1) is 0 Å². The third-order valence-corrected chi connectivity index (χ3v) is 6.77. The summed E-state index contributed by atoms with van der Waals surface area (Å²) in [6.45, 7) is 3.53. The highest BCUT2D eigenvalue weighted by Crippen LogP contribution is 2.59. The van der Waals surface area contributed by atoms with Gasteiger partial charge in [0.1, 0.15) is 12.4 Å². The van der Waals surface area contributed by atoms with Crippen LogP contribution in [0.4, 0.5) is 5.69 Å². The number of amides is 1. The number of nitrogens with one attached hydrogen (secondary N) is 1. The topological polar surface area (TPSA) is 41.6 Å². The molecule has 2 heterocycles. The van der Waals surface area contributed by atoms with Gasteiger partial charge in [0, 0.05) is 18.2 Å². The number of benzene rings is 2. The van der Waals surface area contributed by atoms with Crippen LogP contribution in [0, 0.1) is 11.3 Å². The van der Waals surface area contributed by atoms with Gasteiger partial charge in [0.25, 0.3) is 0 Å². The van der Waals surface area contributed by atoms with Gasteiger partial charge in [0.2, 0.25) is 5.91 Å². The van der Waals surface area contributed by atoms with E-state index < -0.39 is 0 Å². The summed E-state index contributed by atoms with van der Waals surface area (Å²) < 4.78 is 5.99. The van der Waals surface area contributed by atoms with Gasteiger partial charge in [-0.2, -0.15) is 0 Å². The van der Waals surface area contributed by atoms with Crippen molar-refractivity contribution in [3.8, 4) is 5.75 Å². The summed E-state index contributed by atoms with van der Waals surface area (Å²) in [4.78, 5) is 15.3. The fourth-order valence-corrected chi connectivity index (χ4v) is 5.00. The smallest absolute Gasteiger partial charge is 0.230 e. The maximum atomic E-state index is 13.3. The maximum absolute atomic E-state index is 13.3. The van der Waals surface area contributed by atoms with Gasteiger partial charge in [-0.15, -0.1) is 0 Å². The molecule has 2 aliphatic heterocycles. The number of carbonyl (C=O) groups is 1. The molecule has 1 saturated carbocycles. The molecule has 146 valence electrons. The Labute approximate surface area is 166 Å². The molecule has 0 aromatic heterocycles. The number of carbonyl (C=O) groups excluding carboxylic acids is 1. The van der Waals surface area contributed by atoms with Crippen molar-refractivity contribution in [2.75, 3.05) is 24.5 Å². The van der Waals surface area contributed by atoms with Crippen molar-refractivity contribution in [3.05, 3.63) is 59.7 Å². The van der Waals surface area contributed by atoms with E-state index in [1.54, 1.807) is 0 Å². The number of anilines is 1. The Morgan fingerprint density at radius 3 is 2.79 bits per heavy atom. The number of piperidine rings is 1. The summed E-state index contributed by atoms with van der Waals surface area (Å²) in [7, 11) is 0. The second kappa shape index (κ2) is 7.25. The summed E-state index contributed by atoms with van der Waals surface area (Å²) in [5.41, 5.74) is 3.79. The molecule has 4 nitrogen and oxygen atoms in total. The Balaban J connectivity index is 1.29. The summed E-state index contributed by atoms with van der Waals surface area (Å²) in [5, 5.41) is 3.43. The number of nitrogens with zero attached hydrogens (tertiary/aromatic N) is 1. The van der Waals surface area contributed by atoms with Gasteiger partial charge in [-0.3, -0.25) is 4.79 Å². The third-order valence-electron chi connectivity index (χ3n) is 6.77. The second-order valence-corrected chi connectivity index (χ2v) is 8.53. The molecule has 0 bridgehead atoms. The molecule has 2 aromatic rings. The minimum Gasteiger partial charge on any atom is -0.489 e. The zero-order valence-electron chi connectivity index (χ0n) is 16.3. The second-order valence-electron chi connectivity index (χ2n) is 8.53. The fraction of sp³-hybridized carbons (Fsp3) is 0.458. The van der Waals surface area contributed by atoms with Crippen LogP contribution in [0.3, 0.4) is 0 Å². The lowest BCUT2D eigenvalue weighted by atomic mass is 9.91. The number of hydrogen-bond acceptors (Lipinski definition) is 3. The average molecular weight is 377 g/mol. The van der Waals surface area contributed by atoms with Crippen LogP contribution in [0.15, 0.2) is 48.5 Å². The lowest BCUT2D eigenvalue weighted by molar-refractivity contribution is -0.120. The van der Waals surface area contributed by atoms with Crippen LogP contribution < -0.4 is 15.0 Å². The first kappa shape index (κ1) is 17.7. The summed E-state index contributed by atoms with van der Waals surface area (Å²) in [5.74, 6) is 1.47. The number of ether oxygens (including phenoxy) is 1. The Morgan fingerprint density at radius 1 is 1.14 bits per heavy atom. The molecule has 1 N–H and O–H groups in total. The van der Waals surface area contributed by atoms with Gasteiger partial charge >= 0.3 is 0 Å². The van der Waals surface area contributed by atoms with E-state index in [0.29, 0.717) is 17.9 Å². The molecule has 4 heteroatoms. The minimum atomic E-state index is 0.231. The molecule has 5 rings (SSSR count). The predicted octanol–water partition coefficient (Wildman–Crippen LogP) is 3.93. The van der Waals surface area contributed by atoms with E-state index in [1.165, 1.54) is 5.56 Å². The molecule has 3 aliphatic rings. The minimum absolute atomic E-state index is 0.231. The van der Waals surface area contributed by atoms with E-state index in [-0.39, 0.29) is 5.92 Å². The SMILES string of the molecule is O=C(C1CC12CCNCC2)N1CCCc2cc(OCc3ccccc3)ccc21. The Hall–Kier alpha value is -2.33. The highest BCUT2D eigenvalue weighted by Gasteiger charge is 2.58. The largest absolute Gasteiger partial charge is 0.489 e. The van der Waals surface area contributed by atoms with Crippen LogP contribution in [0.25, 0.3) is 0 Å². The zero-order valence-corrected chi connectivity index (χ0v) is 16.3. The highest BCUT2D eigenvalue weighted by atomic mass is 16.5. The standard InChI is InChI=1S/C24H28N2O2/c27-23(21-16-24(21)10-12-25-13-11-24)26-14-4-7-19-15-20(8-9-22(19)26)28-17-18-5-2-1-3-6-18/h1-3,5-6,8-9,15,21,25H,4,7,10-14,16-17H2. The van der Waals surface area contributed by atoms with Crippen LogP contribution in [0.2, 0.25) is 0 Å². The van der Waals surface area contributed by atoms with E-state index in [2.05, 4.69) is 34.5 Å². The molecule has 28 heavy (non-hydrogen) atoms. The first-order chi connectivity index (χ1) is 13.8. The van der Waals surface area contributed by atoms with Crippen molar-refractivity contribution in [2.45, 2.75) is 38.7 Å². The molecule has 2 aromatic carbocycles. The van der Waals surface area contributed by atoms with Crippen molar-refractivity contribution in [1.82, 2.24) is 5.32 Å². The number of fused-ring (bicyclic) bond motifs is 1.